The van der Waals surface area contributed by atoms with Crippen molar-refractivity contribution < 1.29 is 14.3 Å². The maximum atomic E-state index is 13.8. The van der Waals surface area contributed by atoms with E-state index in [1.807, 2.05) is 17.9 Å². The highest BCUT2D eigenvalue weighted by atomic mass is 32.1. The molecule has 0 aromatic carbocycles. The first-order valence-electron chi connectivity index (χ1n) is 13.1. The van der Waals surface area contributed by atoms with Gasteiger partial charge in [0, 0.05) is 37.6 Å². The van der Waals surface area contributed by atoms with Crippen LogP contribution in [0, 0.1) is 0 Å². The molecule has 6 rings (SSSR count). The van der Waals surface area contributed by atoms with Crippen molar-refractivity contribution in [2.45, 2.75) is 39.2 Å². The summed E-state index contributed by atoms with van der Waals surface area (Å²) in [5.41, 5.74) is 3.31. The van der Waals surface area contributed by atoms with E-state index in [2.05, 4.69) is 19.8 Å². The lowest BCUT2D eigenvalue weighted by Gasteiger charge is -2.36. The predicted octanol–water partition coefficient (Wildman–Crippen LogP) is 1.23. The lowest BCUT2D eigenvalue weighted by atomic mass is 10.1. The summed E-state index contributed by atoms with van der Waals surface area (Å²) in [7, 11) is 0. The third-order valence-electron chi connectivity index (χ3n) is 7.40. The number of fused-ring (bicyclic) bond motifs is 2. The topological polar surface area (TPSA) is 127 Å². The summed E-state index contributed by atoms with van der Waals surface area (Å²) in [6, 6.07) is 0. The summed E-state index contributed by atoms with van der Waals surface area (Å²) < 4.78 is 13.0. The maximum absolute atomic E-state index is 13.8. The van der Waals surface area contributed by atoms with Crippen LogP contribution in [0.5, 0.6) is 0 Å². The molecular weight excluding hydrogens is 508 g/mol. The number of hydrogen-bond acceptors (Lipinski definition) is 10. The molecule has 1 fully saturated rings. The highest BCUT2D eigenvalue weighted by molar-refractivity contribution is 7.06. The molecule has 0 spiro atoms. The Morgan fingerprint density at radius 1 is 1.24 bits per heavy atom. The number of nitrogens with zero attached hydrogens (tertiary/aromatic N) is 7. The second kappa shape index (κ2) is 10.3. The largest absolute Gasteiger partial charge is 0.382 e. The first-order chi connectivity index (χ1) is 18.6. The van der Waals surface area contributed by atoms with Crippen molar-refractivity contribution in [3.05, 3.63) is 38.5 Å². The number of carbonyl (C=O) groups excluding carboxylic acids is 2. The third-order valence-corrected chi connectivity index (χ3v) is 8.30. The van der Waals surface area contributed by atoms with Crippen LogP contribution in [0.1, 0.15) is 46.6 Å². The summed E-state index contributed by atoms with van der Waals surface area (Å²) in [5.74, 6) is 0.770. The Balaban J connectivity index is 1.31. The number of anilines is 2. The van der Waals surface area contributed by atoms with E-state index in [1.54, 1.807) is 9.47 Å². The molecule has 200 valence electrons. The number of aldehydes is 1. The van der Waals surface area contributed by atoms with E-state index < -0.39 is 0 Å². The zero-order valence-electron chi connectivity index (χ0n) is 21.3. The van der Waals surface area contributed by atoms with Gasteiger partial charge in [0.05, 0.1) is 31.1 Å². The highest BCUT2D eigenvalue weighted by Crippen LogP contribution is 2.31. The Labute approximate surface area is 223 Å². The average Bonchev–Trinajstić information content (AvgIpc) is 3.60. The van der Waals surface area contributed by atoms with Crippen molar-refractivity contribution in [3.8, 4) is 0 Å². The van der Waals surface area contributed by atoms with Gasteiger partial charge >= 0.3 is 0 Å². The molecule has 13 heteroatoms. The summed E-state index contributed by atoms with van der Waals surface area (Å²) in [4.78, 5) is 48.4. The van der Waals surface area contributed by atoms with Gasteiger partial charge < -0.3 is 29.2 Å². The molecular formula is C25H30N8O4S. The van der Waals surface area contributed by atoms with Crippen molar-refractivity contribution in [1.82, 2.24) is 28.4 Å². The molecule has 0 unspecified atom stereocenters. The van der Waals surface area contributed by atoms with Crippen LogP contribution in [0.15, 0.2) is 10.9 Å². The molecule has 3 aromatic heterocycles. The lowest BCUT2D eigenvalue weighted by Crippen LogP contribution is -2.51. The summed E-state index contributed by atoms with van der Waals surface area (Å²) in [5, 5.41) is 7.89. The fourth-order valence-electron chi connectivity index (χ4n) is 5.46. The minimum absolute atomic E-state index is 0.0701. The summed E-state index contributed by atoms with van der Waals surface area (Å²) in [6.45, 7) is 5.86. The number of aryl methyl sites for hydroxylation is 1. The van der Waals surface area contributed by atoms with Crippen LogP contribution in [0.3, 0.4) is 0 Å². The van der Waals surface area contributed by atoms with Gasteiger partial charge in [-0.2, -0.15) is 13.9 Å². The van der Waals surface area contributed by atoms with E-state index >= 15 is 0 Å². The first-order valence-corrected chi connectivity index (χ1v) is 13.9. The van der Waals surface area contributed by atoms with E-state index in [0.29, 0.717) is 75.2 Å². The molecule has 1 amide bonds. The average molecular weight is 539 g/mol. The number of aromatic nitrogens is 5. The predicted molar refractivity (Wildman–Crippen MR) is 143 cm³/mol. The molecule has 38 heavy (non-hydrogen) atoms. The summed E-state index contributed by atoms with van der Waals surface area (Å²) in [6.07, 6.45) is 5.95. The molecule has 0 radical (unpaired) electrons. The standard InChI is InChI=1S/C25H30N8O4S/c1-2-17-21(24(36)33-25(32(17)12-13-34)27-22(28-33)16-5-14-37-15-6-16)30-8-10-31(11-9-30)23(35)20-19-18(38-29-20)4-3-7-26-19/h5,13,26H,2-4,6-12,14-15H2,1H3. The molecule has 0 bridgehead atoms. The fraction of sp³-hybridized carbons (Fsp3) is 0.520. The first kappa shape index (κ1) is 24.7. The van der Waals surface area contributed by atoms with Crippen molar-refractivity contribution in [1.29, 1.82) is 0 Å². The second-order valence-corrected chi connectivity index (χ2v) is 10.4. The molecule has 1 N–H and O–H groups in total. The summed E-state index contributed by atoms with van der Waals surface area (Å²) >= 11 is 1.40. The number of nitrogens with one attached hydrogen (secondary N) is 1. The number of amides is 1. The van der Waals surface area contributed by atoms with Gasteiger partial charge in [0.15, 0.2) is 11.5 Å². The van der Waals surface area contributed by atoms with Crippen LogP contribution in [0.25, 0.3) is 11.4 Å². The number of piperazine rings is 1. The van der Waals surface area contributed by atoms with Crippen molar-refractivity contribution in [3.63, 3.8) is 0 Å². The van der Waals surface area contributed by atoms with Crippen LogP contribution in [0.2, 0.25) is 0 Å². The Morgan fingerprint density at radius 2 is 2.08 bits per heavy atom. The van der Waals surface area contributed by atoms with E-state index in [0.717, 1.165) is 47.5 Å². The van der Waals surface area contributed by atoms with Crippen molar-refractivity contribution in [2.24, 2.45) is 0 Å². The molecule has 0 atom stereocenters. The van der Waals surface area contributed by atoms with E-state index in [4.69, 9.17) is 4.74 Å². The van der Waals surface area contributed by atoms with Crippen molar-refractivity contribution >= 4 is 46.5 Å². The number of carbonyl (C=O) groups is 2. The Kier molecular flexibility index (Phi) is 6.70. The molecule has 12 nitrogen and oxygen atoms in total. The number of rotatable bonds is 6. The number of hydrogen-bond donors (Lipinski definition) is 1. The zero-order chi connectivity index (χ0) is 26.2. The van der Waals surface area contributed by atoms with Crippen LogP contribution in [-0.4, -0.2) is 86.6 Å². The molecule has 3 aliphatic rings. The van der Waals surface area contributed by atoms with E-state index in [9.17, 15) is 14.4 Å². The van der Waals surface area contributed by atoms with Gasteiger partial charge in [-0.3, -0.25) is 9.59 Å². The van der Waals surface area contributed by atoms with E-state index in [1.165, 1.54) is 16.0 Å². The van der Waals surface area contributed by atoms with Gasteiger partial charge in [0.1, 0.15) is 12.0 Å². The highest BCUT2D eigenvalue weighted by Gasteiger charge is 2.31. The third kappa shape index (κ3) is 4.19. The zero-order valence-corrected chi connectivity index (χ0v) is 22.1. The molecule has 3 aromatic rings. The second-order valence-electron chi connectivity index (χ2n) is 9.57. The molecule has 0 aliphatic carbocycles. The Bertz CT molecular complexity index is 1480. The lowest BCUT2D eigenvalue weighted by molar-refractivity contribution is -0.108. The quantitative estimate of drug-likeness (QED) is 0.461. The molecule has 6 heterocycles. The molecule has 0 saturated carbocycles. The van der Waals surface area contributed by atoms with Gasteiger partial charge in [-0.15, -0.1) is 5.10 Å². The smallest absolute Gasteiger partial charge is 0.299 e. The van der Waals surface area contributed by atoms with Gasteiger partial charge in [0.2, 0.25) is 5.78 Å². The Morgan fingerprint density at radius 3 is 2.82 bits per heavy atom. The normalized spacial score (nSPS) is 17.8. The minimum Gasteiger partial charge on any atom is -0.382 e. The van der Waals surface area contributed by atoms with E-state index in [-0.39, 0.29) is 18.0 Å². The Hall–Kier alpha value is -3.58. The van der Waals surface area contributed by atoms with Gasteiger partial charge in [0.25, 0.3) is 11.5 Å². The monoisotopic (exact) mass is 538 g/mol. The maximum Gasteiger partial charge on any atom is 0.299 e. The minimum atomic E-state index is -0.261. The fourth-order valence-corrected chi connectivity index (χ4v) is 6.33. The van der Waals surface area contributed by atoms with Crippen LogP contribution in [0.4, 0.5) is 11.4 Å². The molecule has 3 aliphatic heterocycles. The van der Waals surface area contributed by atoms with Crippen LogP contribution >= 0.6 is 11.5 Å². The van der Waals surface area contributed by atoms with Gasteiger partial charge in [-0.1, -0.05) is 13.0 Å². The van der Waals surface area contributed by atoms with Crippen LogP contribution in [-0.2, 0) is 28.9 Å². The van der Waals surface area contributed by atoms with Crippen molar-refractivity contribution in [2.75, 3.05) is 56.2 Å². The van der Waals surface area contributed by atoms with Crippen LogP contribution < -0.4 is 15.8 Å². The van der Waals surface area contributed by atoms with Gasteiger partial charge in [-0.05, 0) is 42.8 Å². The molecule has 1 saturated heterocycles. The number of ether oxygens (including phenoxy) is 1. The van der Waals surface area contributed by atoms with Gasteiger partial charge in [-0.25, -0.2) is 0 Å². The SMILES string of the molecule is CCc1c(N2CCN(C(=O)c3nsc4c3NCCC4)CC2)c(=O)n2nc(C3=CCOCC3)nc2n1CC=O.